The van der Waals surface area contributed by atoms with Gasteiger partial charge >= 0.3 is 0 Å². The number of ketones is 1. The Balaban J connectivity index is 1.99. The number of nitrogens with one attached hydrogen (secondary N) is 1. The summed E-state index contributed by atoms with van der Waals surface area (Å²) in [7, 11) is 1.88. The molecule has 24 heavy (non-hydrogen) atoms. The number of aromatic nitrogens is 1. The molecule has 1 N–H and O–H groups in total. The van der Waals surface area contributed by atoms with E-state index < -0.39 is 11.7 Å². The third-order valence-electron chi connectivity index (χ3n) is 4.35. The van der Waals surface area contributed by atoms with Crippen molar-refractivity contribution in [2.45, 2.75) is 13.8 Å². The SMILES string of the molecule is Cc1c(Cl)cccc1NC(=O)C(=O)c1c(C)n(C)c2ccccc12. The summed E-state index contributed by atoms with van der Waals surface area (Å²) in [4.78, 5) is 25.2. The van der Waals surface area contributed by atoms with E-state index in [0.29, 0.717) is 16.3 Å². The fourth-order valence-electron chi connectivity index (χ4n) is 2.84. The average Bonchev–Trinajstić information content (AvgIpc) is 2.83. The van der Waals surface area contributed by atoms with Crippen LogP contribution in [0.15, 0.2) is 42.5 Å². The quantitative estimate of drug-likeness (QED) is 0.572. The number of fused-ring (bicyclic) bond motifs is 1. The first kappa shape index (κ1) is 16.3. The van der Waals surface area contributed by atoms with E-state index in [0.717, 1.165) is 22.2 Å². The first-order valence-electron chi connectivity index (χ1n) is 7.56. The predicted molar refractivity (Wildman–Crippen MR) is 96.8 cm³/mol. The molecule has 2 aromatic carbocycles. The Bertz CT molecular complexity index is 973. The Kier molecular flexibility index (Phi) is 4.16. The summed E-state index contributed by atoms with van der Waals surface area (Å²) >= 11 is 6.06. The Morgan fingerprint density at radius 3 is 2.50 bits per heavy atom. The number of anilines is 1. The van der Waals surface area contributed by atoms with Crippen LogP contribution in [0.3, 0.4) is 0 Å². The highest BCUT2D eigenvalue weighted by molar-refractivity contribution is 6.48. The number of nitrogens with zero attached hydrogens (tertiary/aromatic N) is 1. The van der Waals surface area contributed by atoms with Crippen molar-refractivity contribution in [3.8, 4) is 0 Å². The number of halogens is 1. The average molecular weight is 341 g/mol. The van der Waals surface area contributed by atoms with Crippen molar-refractivity contribution in [2.24, 2.45) is 7.05 Å². The molecule has 0 aliphatic heterocycles. The summed E-state index contributed by atoms with van der Waals surface area (Å²) in [6, 6.07) is 12.7. The van der Waals surface area contributed by atoms with E-state index in [-0.39, 0.29) is 0 Å². The third kappa shape index (κ3) is 2.59. The molecule has 122 valence electrons. The lowest BCUT2D eigenvalue weighted by Gasteiger charge is -2.09. The van der Waals surface area contributed by atoms with Crippen LogP contribution in [-0.4, -0.2) is 16.3 Å². The molecule has 0 saturated heterocycles. The van der Waals surface area contributed by atoms with Gasteiger partial charge in [0.15, 0.2) is 0 Å². The van der Waals surface area contributed by atoms with Crippen LogP contribution >= 0.6 is 11.6 Å². The molecule has 0 radical (unpaired) electrons. The fourth-order valence-corrected chi connectivity index (χ4v) is 3.02. The zero-order chi connectivity index (χ0) is 17.4. The van der Waals surface area contributed by atoms with E-state index in [2.05, 4.69) is 5.32 Å². The molecular weight excluding hydrogens is 324 g/mol. The maximum absolute atomic E-state index is 12.7. The van der Waals surface area contributed by atoms with Crippen LogP contribution < -0.4 is 5.32 Å². The molecule has 0 saturated carbocycles. The number of benzene rings is 2. The highest BCUT2D eigenvalue weighted by Gasteiger charge is 2.24. The first-order chi connectivity index (χ1) is 11.4. The molecule has 0 aliphatic carbocycles. The highest BCUT2D eigenvalue weighted by atomic mass is 35.5. The van der Waals surface area contributed by atoms with Gasteiger partial charge in [0.25, 0.3) is 11.7 Å². The van der Waals surface area contributed by atoms with Crippen LogP contribution in [0.1, 0.15) is 21.6 Å². The molecule has 3 rings (SSSR count). The minimum atomic E-state index is -0.667. The van der Waals surface area contributed by atoms with Crippen LogP contribution in [0.5, 0.6) is 0 Å². The first-order valence-corrected chi connectivity index (χ1v) is 7.94. The molecule has 0 spiro atoms. The molecule has 1 aromatic heterocycles. The summed E-state index contributed by atoms with van der Waals surface area (Å²) in [5.74, 6) is -1.22. The fraction of sp³-hybridized carbons (Fsp3) is 0.158. The molecule has 5 heteroatoms. The normalized spacial score (nSPS) is 10.8. The van der Waals surface area contributed by atoms with E-state index in [9.17, 15) is 9.59 Å². The van der Waals surface area contributed by atoms with Gasteiger partial charge in [-0.05, 0) is 37.6 Å². The van der Waals surface area contributed by atoms with E-state index in [1.165, 1.54) is 0 Å². The lowest BCUT2D eigenvalue weighted by Crippen LogP contribution is -2.24. The zero-order valence-electron chi connectivity index (χ0n) is 13.7. The number of Topliss-reactive ketones (excluding diaryl/α,β-unsaturated/α-hetero) is 1. The molecule has 0 fully saturated rings. The smallest absolute Gasteiger partial charge is 0.296 e. The van der Waals surface area contributed by atoms with E-state index >= 15 is 0 Å². The molecule has 4 nitrogen and oxygen atoms in total. The van der Waals surface area contributed by atoms with Gasteiger partial charge in [0.2, 0.25) is 0 Å². The molecule has 0 aliphatic rings. The van der Waals surface area contributed by atoms with Gasteiger partial charge in [-0.15, -0.1) is 0 Å². The summed E-state index contributed by atoms with van der Waals surface area (Å²) in [6.07, 6.45) is 0. The summed E-state index contributed by atoms with van der Waals surface area (Å²) in [5.41, 5.74) is 3.39. The van der Waals surface area contributed by atoms with E-state index in [4.69, 9.17) is 11.6 Å². The van der Waals surface area contributed by atoms with Crippen molar-refractivity contribution >= 4 is 39.9 Å². The second-order valence-electron chi connectivity index (χ2n) is 5.73. The van der Waals surface area contributed by atoms with Gasteiger partial charge in [-0.1, -0.05) is 35.9 Å². The van der Waals surface area contributed by atoms with Crippen molar-refractivity contribution in [1.29, 1.82) is 0 Å². The number of rotatable bonds is 3. The monoisotopic (exact) mass is 340 g/mol. The van der Waals surface area contributed by atoms with Gasteiger partial charge in [0.05, 0.1) is 5.56 Å². The number of hydrogen-bond donors (Lipinski definition) is 1. The zero-order valence-corrected chi connectivity index (χ0v) is 14.4. The number of amides is 1. The molecule has 0 bridgehead atoms. The van der Waals surface area contributed by atoms with E-state index in [1.807, 2.05) is 42.8 Å². The Labute approximate surface area is 145 Å². The number of carbonyl (C=O) groups is 2. The van der Waals surface area contributed by atoms with Crippen LogP contribution in [0.25, 0.3) is 10.9 Å². The Morgan fingerprint density at radius 2 is 1.75 bits per heavy atom. The third-order valence-corrected chi connectivity index (χ3v) is 4.76. The number of hydrogen-bond acceptors (Lipinski definition) is 2. The van der Waals surface area contributed by atoms with Crippen molar-refractivity contribution in [2.75, 3.05) is 5.32 Å². The summed E-state index contributed by atoms with van der Waals surface area (Å²) < 4.78 is 1.92. The number of para-hydroxylation sites is 1. The van der Waals surface area contributed by atoms with Gasteiger partial charge < -0.3 is 9.88 Å². The lowest BCUT2D eigenvalue weighted by atomic mass is 10.1. The van der Waals surface area contributed by atoms with Gasteiger partial charge in [0.1, 0.15) is 0 Å². The topological polar surface area (TPSA) is 51.1 Å². The minimum absolute atomic E-state index is 0.435. The minimum Gasteiger partial charge on any atom is -0.347 e. The highest BCUT2D eigenvalue weighted by Crippen LogP contribution is 2.27. The standard InChI is InChI=1S/C19H17ClN2O2/c1-11-14(20)8-6-9-15(11)21-19(24)18(23)17-12(2)22(3)16-10-5-4-7-13(16)17/h4-10H,1-3H3,(H,21,24). The number of carbonyl (C=O) groups excluding carboxylic acids is 2. The van der Waals surface area contributed by atoms with Crippen LogP contribution in [0.2, 0.25) is 5.02 Å². The molecule has 0 unspecified atom stereocenters. The van der Waals surface area contributed by atoms with Crippen molar-refractivity contribution < 1.29 is 9.59 Å². The van der Waals surface area contributed by atoms with Gasteiger partial charge in [-0.3, -0.25) is 9.59 Å². The number of aryl methyl sites for hydroxylation is 1. The maximum atomic E-state index is 12.7. The largest absolute Gasteiger partial charge is 0.347 e. The Morgan fingerprint density at radius 1 is 1.04 bits per heavy atom. The molecule has 1 heterocycles. The summed E-state index contributed by atoms with van der Waals surface area (Å²) in [5, 5.41) is 3.99. The van der Waals surface area contributed by atoms with Crippen molar-refractivity contribution in [1.82, 2.24) is 4.57 Å². The van der Waals surface area contributed by atoms with Gasteiger partial charge in [0, 0.05) is 34.4 Å². The Hall–Kier alpha value is -2.59. The molecule has 0 atom stereocenters. The second kappa shape index (κ2) is 6.13. The molecular formula is C19H17ClN2O2. The van der Waals surface area contributed by atoms with E-state index in [1.54, 1.807) is 25.1 Å². The lowest BCUT2D eigenvalue weighted by molar-refractivity contribution is -0.112. The second-order valence-corrected chi connectivity index (χ2v) is 6.14. The van der Waals surface area contributed by atoms with Crippen molar-refractivity contribution in [3.05, 3.63) is 64.3 Å². The maximum Gasteiger partial charge on any atom is 0.296 e. The predicted octanol–water partition coefficient (Wildman–Crippen LogP) is 4.27. The molecule has 1 amide bonds. The van der Waals surface area contributed by atoms with Gasteiger partial charge in [-0.2, -0.15) is 0 Å². The van der Waals surface area contributed by atoms with Gasteiger partial charge in [-0.25, -0.2) is 0 Å². The molecule has 3 aromatic rings. The van der Waals surface area contributed by atoms with Crippen molar-refractivity contribution in [3.63, 3.8) is 0 Å². The summed E-state index contributed by atoms with van der Waals surface area (Å²) in [6.45, 7) is 3.64. The van der Waals surface area contributed by atoms with Crippen LogP contribution in [0, 0.1) is 13.8 Å². The van der Waals surface area contributed by atoms with Crippen LogP contribution in [0.4, 0.5) is 5.69 Å². The van der Waals surface area contributed by atoms with Crippen LogP contribution in [-0.2, 0) is 11.8 Å².